The van der Waals surface area contributed by atoms with E-state index in [9.17, 15) is 9.59 Å². The third-order valence-electron chi connectivity index (χ3n) is 7.51. The molecule has 37 heavy (non-hydrogen) atoms. The molecule has 2 aliphatic heterocycles. The fourth-order valence-corrected chi connectivity index (χ4v) is 5.49. The maximum atomic E-state index is 13.4. The lowest BCUT2D eigenvalue weighted by Crippen LogP contribution is -2.52. The van der Waals surface area contributed by atoms with Crippen LogP contribution in [0.3, 0.4) is 0 Å². The van der Waals surface area contributed by atoms with Crippen LogP contribution >= 0.6 is 0 Å². The number of benzene rings is 1. The number of amides is 3. The van der Waals surface area contributed by atoms with Gasteiger partial charge in [-0.3, -0.25) is 0 Å². The number of aryl methyl sites for hydroxylation is 2. The molecule has 0 bridgehead atoms. The number of likely N-dealkylation sites (tertiary alicyclic amines) is 1. The van der Waals surface area contributed by atoms with Crippen LogP contribution < -0.4 is 16.0 Å². The van der Waals surface area contributed by atoms with Crippen LogP contribution in [0.15, 0.2) is 18.2 Å². The molecule has 0 spiro atoms. The van der Waals surface area contributed by atoms with E-state index in [1.807, 2.05) is 11.9 Å². The van der Waals surface area contributed by atoms with Crippen molar-refractivity contribution in [3.05, 3.63) is 34.9 Å². The Kier molecular flexibility index (Phi) is 12.0. The van der Waals surface area contributed by atoms with Crippen molar-refractivity contribution in [3.63, 3.8) is 0 Å². The Morgan fingerprint density at radius 1 is 1.19 bits per heavy atom. The summed E-state index contributed by atoms with van der Waals surface area (Å²) in [6.45, 7) is 8.67. The first-order valence-corrected chi connectivity index (χ1v) is 13.7. The molecule has 208 valence electrons. The zero-order valence-electron chi connectivity index (χ0n) is 23.0. The first kappa shape index (κ1) is 29.2. The molecule has 2 aliphatic rings. The largest absolute Gasteiger partial charge is 0.453 e. The molecule has 1 aromatic carbocycles. The quantitative estimate of drug-likeness (QED) is 0.388. The monoisotopic (exact) mass is 518 g/mol. The van der Waals surface area contributed by atoms with E-state index in [0.717, 1.165) is 64.0 Å². The molecular formula is C28H46N4O5. The third kappa shape index (κ3) is 9.16. The van der Waals surface area contributed by atoms with Gasteiger partial charge in [0.05, 0.1) is 19.8 Å². The number of urea groups is 1. The van der Waals surface area contributed by atoms with Crippen molar-refractivity contribution in [1.29, 1.82) is 0 Å². The SMILES string of the molecule is CNC[C@H](CC1CCOCC1)NC(=O)N1CCC[C@@H]([C@@H](OCCNC(=O)OC)c2cc(C)ccc2C)C1. The highest BCUT2D eigenvalue weighted by atomic mass is 16.5. The molecule has 2 fully saturated rings. The van der Waals surface area contributed by atoms with Crippen LogP contribution in [0, 0.1) is 25.7 Å². The molecule has 0 unspecified atom stereocenters. The van der Waals surface area contributed by atoms with Gasteiger partial charge in [-0.05, 0) is 70.0 Å². The van der Waals surface area contributed by atoms with Crippen molar-refractivity contribution >= 4 is 12.1 Å². The number of carbonyl (C=O) groups excluding carboxylic acids is 2. The zero-order valence-corrected chi connectivity index (χ0v) is 23.0. The fourth-order valence-electron chi connectivity index (χ4n) is 5.49. The van der Waals surface area contributed by atoms with E-state index < -0.39 is 6.09 Å². The molecule has 9 nitrogen and oxygen atoms in total. The van der Waals surface area contributed by atoms with Gasteiger partial charge in [0, 0.05) is 51.4 Å². The van der Waals surface area contributed by atoms with Crippen LogP contribution in [-0.2, 0) is 14.2 Å². The predicted octanol–water partition coefficient (Wildman–Crippen LogP) is 3.54. The number of methoxy groups -OCH3 is 1. The fraction of sp³-hybridized carbons (Fsp3) is 0.714. The van der Waals surface area contributed by atoms with Gasteiger partial charge in [0.2, 0.25) is 0 Å². The van der Waals surface area contributed by atoms with Gasteiger partial charge in [-0.25, -0.2) is 9.59 Å². The van der Waals surface area contributed by atoms with Crippen molar-refractivity contribution in [2.45, 2.75) is 58.1 Å². The molecule has 0 saturated carbocycles. The maximum absolute atomic E-state index is 13.4. The molecule has 0 aliphatic carbocycles. The minimum Gasteiger partial charge on any atom is -0.453 e. The van der Waals surface area contributed by atoms with Crippen molar-refractivity contribution in [2.24, 2.45) is 11.8 Å². The number of nitrogens with one attached hydrogen (secondary N) is 3. The number of rotatable bonds is 11. The highest BCUT2D eigenvalue weighted by Crippen LogP contribution is 2.35. The minimum atomic E-state index is -0.468. The van der Waals surface area contributed by atoms with Crippen LogP contribution in [-0.4, -0.2) is 83.2 Å². The number of likely N-dealkylation sites (N-methyl/N-ethyl adjacent to an activating group) is 1. The van der Waals surface area contributed by atoms with E-state index in [1.165, 1.54) is 18.2 Å². The van der Waals surface area contributed by atoms with Gasteiger partial charge in [0.1, 0.15) is 0 Å². The molecule has 2 saturated heterocycles. The zero-order chi connectivity index (χ0) is 26.6. The predicted molar refractivity (Wildman–Crippen MR) is 144 cm³/mol. The average molecular weight is 519 g/mol. The summed E-state index contributed by atoms with van der Waals surface area (Å²) in [6, 6.07) is 6.51. The van der Waals surface area contributed by atoms with E-state index in [4.69, 9.17) is 9.47 Å². The molecule has 3 amide bonds. The first-order chi connectivity index (χ1) is 17.9. The standard InChI is InChI=1S/C28H46N4O5/c1-20-7-8-21(2)25(16-20)26(37-15-11-30-28(34)35-4)23-6-5-12-32(19-23)27(33)31-24(18-29-3)17-22-9-13-36-14-10-22/h7-8,16,22-24,26,29H,5-6,9-15,17-19H2,1-4H3,(H,30,34)(H,31,33)/t23-,24+,26-/m1/s1. The van der Waals surface area contributed by atoms with Gasteiger partial charge in [-0.1, -0.05) is 23.8 Å². The summed E-state index contributed by atoms with van der Waals surface area (Å²) in [7, 11) is 3.28. The highest BCUT2D eigenvalue weighted by molar-refractivity contribution is 5.74. The Morgan fingerprint density at radius 3 is 2.70 bits per heavy atom. The molecule has 1 aromatic rings. The van der Waals surface area contributed by atoms with Gasteiger partial charge in [-0.15, -0.1) is 0 Å². The number of hydrogen-bond acceptors (Lipinski definition) is 6. The summed E-state index contributed by atoms with van der Waals surface area (Å²) < 4.78 is 16.6. The molecule has 3 atom stereocenters. The second kappa shape index (κ2) is 15.1. The van der Waals surface area contributed by atoms with E-state index >= 15 is 0 Å². The molecule has 3 N–H and O–H groups in total. The Balaban J connectivity index is 1.66. The number of hydrogen-bond donors (Lipinski definition) is 3. The summed E-state index contributed by atoms with van der Waals surface area (Å²) in [5.74, 6) is 0.749. The molecule has 0 radical (unpaired) electrons. The van der Waals surface area contributed by atoms with Gasteiger partial charge < -0.3 is 35.1 Å². The molecular weight excluding hydrogens is 472 g/mol. The van der Waals surface area contributed by atoms with E-state index in [2.05, 4.69) is 52.7 Å². The summed E-state index contributed by atoms with van der Waals surface area (Å²) in [5, 5.41) is 9.24. The number of ether oxygens (including phenoxy) is 3. The van der Waals surface area contributed by atoms with Gasteiger partial charge in [0.25, 0.3) is 0 Å². The normalized spacial score (nSPS) is 20.2. The topological polar surface area (TPSA) is 101 Å². The van der Waals surface area contributed by atoms with Crippen molar-refractivity contribution in [1.82, 2.24) is 20.9 Å². The first-order valence-electron chi connectivity index (χ1n) is 13.7. The van der Waals surface area contributed by atoms with Gasteiger partial charge in [0.15, 0.2) is 0 Å². The average Bonchev–Trinajstić information content (AvgIpc) is 2.91. The van der Waals surface area contributed by atoms with Crippen molar-refractivity contribution in [2.75, 3.05) is 60.2 Å². The Bertz CT molecular complexity index is 861. The molecule has 2 heterocycles. The maximum Gasteiger partial charge on any atom is 0.406 e. The molecule has 0 aromatic heterocycles. The lowest BCUT2D eigenvalue weighted by molar-refractivity contribution is -0.00906. The number of alkyl carbamates (subject to hydrolysis) is 1. The van der Waals surface area contributed by atoms with Crippen molar-refractivity contribution < 1.29 is 23.8 Å². The van der Waals surface area contributed by atoms with Crippen molar-refractivity contribution in [3.8, 4) is 0 Å². The molecule has 3 rings (SSSR count). The number of piperidine rings is 1. The molecule has 9 heteroatoms. The summed E-state index contributed by atoms with van der Waals surface area (Å²) in [5.41, 5.74) is 3.50. The lowest BCUT2D eigenvalue weighted by atomic mass is 9.86. The minimum absolute atomic E-state index is 0.00378. The highest BCUT2D eigenvalue weighted by Gasteiger charge is 2.33. The van der Waals surface area contributed by atoms with Gasteiger partial charge >= 0.3 is 12.1 Å². The van der Waals surface area contributed by atoms with Crippen LogP contribution in [0.25, 0.3) is 0 Å². The third-order valence-corrected chi connectivity index (χ3v) is 7.51. The second-order valence-corrected chi connectivity index (χ2v) is 10.4. The number of nitrogens with zero attached hydrogens (tertiary/aromatic N) is 1. The smallest absolute Gasteiger partial charge is 0.406 e. The van der Waals surface area contributed by atoms with E-state index in [0.29, 0.717) is 25.6 Å². The lowest BCUT2D eigenvalue weighted by Gasteiger charge is -2.38. The van der Waals surface area contributed by atoms with Crippen LogP contribution in [0.1, 0.15) is 54.9 Å². The summed E-state index contributed by atoms with van der Waals surface area (Å²) in [6.07, 6.45) is 4.36. The van der Waals surface area contributed by atoms with Crippen LogP contribution in [0.4, 0.5) is 9.59 Å². The summed E-state index contributed by atoms with van der Waals surface area (Å²) in [4.78, 5) is 26.8. The Labute approximate surface area is 222 Å². The summed E-state index contributed by atoms with van der Waals surface area (Å²) >= 11 is 0. The number of carbonyl (C=O) groups is 2. The van der Waals surface area contributed by atoms with Crippen LogP contribution in [0.5, 0.6) is 0 Å². The van der Waals surface area contributed by atoms with Gasteiger partial charge in [-0.2, -0.15) is 0 Å². The van der Waals surface area contributed by atoms with E-state index in [-0.39, 0.29) is 24.1 Å². The van der Waals surface area contributed by atoms with E-state index in [1.54, 1.807) is 0 Å². The Morgan fingerprint density at radius 2 is 1.97 bits per heavy atom. The second-order valence-electron chi connectivity index (χ2n) is 10.4. The van der Waals surface area contributed by atoms with Crippen LogP contribution in [0.2, 0.25) is 0 Å². The Hall–Kier alpha value is -2.36.